The van der Waals surface area contributed by atoms with Crippen molar-refractivity contribution in [2.45, 2.75) is 45.1 Å². The molecule has 0 bridgehead atoms. The van der Waals surface area contributed by atoms with Gasteiger partial charge in [0.15, 0.2) is 0 Å². The summed E-state index contributed by atoms with van der Waals surface area (Å²) >= 11 is 0. The van der Waals surface area contributed by atoms with Gasteiger partial charge in [0.25, 0.3) is 0 Å². The van der Waals surface area contributed by atoms with Gasteiger partial charge in [0.1, 0.15) is 6.04 Å². The minimum absolute atomic E-state index is 0.182. The molecule has 1 aliphatic carbocycles. The number of imide groups is 1. The topological polar surface area (TPSA) is 113 Å². The third kappa shape index (κ3) is 3.40. The van der Waals surface area contributed by atoms with E-state index in [1.165, 1.54) is 0 Å². The van der Waals surface area contributed by atoms with Crippen LogP contribution in [0.4, 0.5) is 0 Å². The minimum Gasteiger partial charge on any atom is -0.481 e. The van der Waals surface area contributed by atoms with Crippen molar-refractivity contribution in [1.82, 2.24) is 10.6 Å². The summed E-state index contributed by atoms with van der Waals surface area (Å²) in [5, 5.41) is 14.0. The first-order valence-electron chi connectivity index (χ1n) is 7.29. The number of carbonyl (C=O) groups is 4. The van der Waals surface area contributed by atoms with Gasteiger partial charge in [-0.15, -0.1) is 0 Å². The molecule has 0 spiro atoms. The van der Waals surface area contributed by atoms with Gasteiger partial charge in [-0.1, -0.05) is 13.3 Å². The van der Waals surface area contributed by atoms with Gasteiger partial charge < -0.3 is 10.4 Å². The Morgan fingerprint density at radius 3 is 2.52 bits per heavy atom. The molecule has 3 amide bonds. The summed E-state index contributed by atoms with van der Waals surface area (Å²) in [4.78, 5) is 46.2. The van der Waals surface area contributed by atoms with E-state index in [1.807, 2.05) is 6.92 Å². The number of piperidine rings is 1. The first kappa shape index (κ1) is 15.5. The molecular weight excluding hydrogens is 276 g/mol. The molecular formula is C14H20N2O5. The van der Waals surface area contributed by atoms with Gasteiger partial charge in [-0.2, -0.15) is 0 Å². The van der Waals surface area contributed by atoms with Gasteiger partial charge >= 0.3 is 5.97 Å². The number of rotatable bonds is 4. The lowest BCUT2D eigenvalue weighted by Crippen LogP contribution is -2.53. The Morgan fingerprint density at radius 1 is 1.29 bits per heavy atom. The van der Waals surface area contributed by atoms with Gasteiger partial charge in [0.2, 0.25) is 17.7 Å². The van der Waals surface area contributed by atoms with Gasteiger partial charge in [-0.05, 0) is 25.2 Å². The highest BCUT2D eigenvalue weighted by atomic mass is 16.4. The van der Waals surface area contributed by atoms with Crippen LogP contribution in [0.5, 0.6) is 0 Å². The Bertz CT molecular complexity index is 476. The predicted molar refractivity (Wildman–Crippen MR) is 71.9 cm³/mol. The molecule has 7 heteroatoms. The van der Waals surface area contributed by atoms with E-state index in [2.05, 4.69) is 10.6 Å². The summed E-state index contributed by atoms with van der Waals surface area (Å²) in [7, 11) is 0. The number of carboxylic acid groups (broad SMARTS) is 1. The van der Waals surface area contributed by atoms with Crippen molar-refractivity contribution in [3.63, 3.8) is 0 Å². The second-order valence-electron chi connectivity index (χ2n) is 5.81. The maximum atomic E-state index is 12.3. The molecule has 1 saturated heterocycles. The average Bonchev–Trinajstić information content (AvgIpc) is 2.86. The molecule has 0 aromatic heterocycles. The van der Waals surface area contributed by atoms with Crippen LogP contribution in [0.1, 0.15) is 39.0 Å². The van der Waals surface area contributed by atoms with E-state index in [0.717, 1.165) is 6.42 Å². The van der Waals surface area contributed by atoms with Gasteiger partial charge in [0.05, 0.1) is 11.8 Å². The molecule has 4 unspecified atom stereocenters. The lowest BCUT2D eigenvalue weighted by molar-refractivity contribution is -0.146. The number of carboxylic acids is 1. The lowest BCUT2D eigenvalue weighted by Gasteiger charge is -2.24. The predicted octanol–water partition coefficient (Wildman–Crippen LogP) is 0.0448. The van der Waals surface area contributed by atoms with E-state index in [1.54, 1.807) is 0 Å². The number of hydrogen-bond donors (Lipinski definition) is 3. The summed E-state index contributed by atoms with van der Waals surface area (Å²) in [5.41, 5.74) is 0. The van der Waals surface area contributed by atoms with Crippen LogP contribution in [0.3, 0.4) is 0 Å². The molecule has 2 aliphatic rings. The van der Waals surface area contributed by atoms with Gasteiger partial charge in [-0.25, -0.2) is 0 Å². The summed E-state index contributed by atoms with van der Waals surface area (Å²) < 4.78 is 0. The molecule has 2 rings (SSSR count). The molecule has 0 aromatic rings. The molecule has 7 nitrogen and oxygen atoms in total. The van der Waals surface area contributed by atoms with Crippen LogP contribution in [0, 0.1) is 17.8 Å². The highest BCUT2D eigenvalue weighted by Crippen LogP contribution is 2.38. The maximum Gasteiger partial charge on any atom is 0.307 e. The molecule has 1 heterocycles. The largest absolute Gasteiger partial charge is 0.481 e. The van der Waals surface area contributed by atoms with Crippen LogP contribution in [-0.4, -0.2) is 34.8 Å². The standard InChI is InChI=1S/C14H20N2O5/c1-2-7-5-8(9(6-7)14(20)21)12(18)15-10-3-4-11(17)16-13(10)19/h7-10H,2-6H2,1H3,(H,15,18)(H,20,21)(H,16,17,19). The number of amides is 3. The zero-order valence-electron chi connectivity index (χ0n) is 11.9. The first-order valence-corrected chi connectivity index (χ1v) is 7.29. The fourth-order valence-electron chi connectivity index (χ4n) is 3.15. The minimum atomic E-state index is -0.964. The lowest BCUT2D eigenvalue weighted by atomic mass is 9.94. The van der Waals surface area contributed by atoms with E-state index in [4.69, 9.17) is 0 Å². The van der Waals surface area contributed by atoms with Gasteiger partial charge in [-0.3, -0.25) is 24.5 Å². The molecule has 1 saturated carbocycles. The fourth-order valence-corrected chi connectivity index (χ4v) is 3.15. The van der Waals surface area contributed by atoms with Crippen molar-refractivity contribution in [2.75, 3.05) is 0 Å². The molecule has 1 aliphatic heterocycles. The van der Waals surface area contributed by atoms with E-state index in [-0.39, 0.29) is 24.7 Å². The highest BCUT2D eigenvalue weighted by molar-refractivity contribution is 6.02. The zero-order chi connectivity index (χ0) is 15.6. The zero-order valence-corrected chi connectivity index (χ0v) is 11.9. The Morgan fingerprint density at radius 2 is 1.95 bits per heavy atom. The fraction of sp³-hybridized carbons (Fsp3) is 0.714. The van der Waals surface area contributed by atoms with Crippen molar-refractivity contribution >= 4 is 23.7 Å². The quantitative estimate of drug-likeness (QED) is 0.634. The normalized spacial score (nSPS) is 32.6. The summed E-state index contributed by atoms with van der Waals surface area (Å²) in [5.74, 6) is -3.29. The average molecular weight is 296 g/mol. The van der Waals surface area contributed by atoms with E-state index in [9.17, 15) is 24.3 Å². The van der Waals surface area contributed by atoms with Crippen molar-refractivity contribution in [3.05, 3.63) is 0 Å². The SMILES string of the molecule is CCC1CC(C(=O)O)C(C(=O)NC2CCC(=O)NC2=O)C1. The van der Waals surface area contributed by atoms with Crippen molar-refractivity contribution < 1.29 is 24.3 Å². The van der Waals surface area contributed by atoms with Crippen molar-refractivity contribution in [2.24, 2.45) is 17.8 Å². The van der Waals surface area contributed by atoms with E-state index in [0.29, 0.717) is 12.8 Å². The molecule has 3 N–H and O–H groups in total. The summed E-state index contributed by atoms with van der Waals surface area (Å²) in [6.45, 7) is 1.98. The van der Waals surface area contributed by atoms with E-state index >= 15 is 0 Å². The second-order valence-corrected chi connectivity index (χ2v) is 5.81. The van der Waals surface area contributed by atoms with Crippen LogP contribution in [0.15, 0.2) is 0 Å². The van der Waals surface area contributed by atoms with E-state index < -0.39 is 35.7 Å². The van der Waals surface area contributed by atoms with Crippen molar-refractivity contribution in [1.29, 1.82) is 0 Å². The Balaban J connectivity index is 2.00. The first-order chi connectivity index (χ1) is 9.92. The van der Waals surface area contributed by atoms with Crippen molar-refractivity contribution in [3.8, 4) is 0 Å². The Hall–Kier alpha value is -1.92. The summed E-state index contributed by atoms with van der Waals surface area (Å²) in [6, 6.07) is -0.745. The molecule has 116 valence electrons. The molecule has 0 aromatic carbocycles. The number of nitrogens with one attached hydrogen (secondary N) is 2. The number of aliphatic carboxylic acids is 1. The van der Waals surface area contributed by atoms with Crippen LogP contribution >= 0.6 is 0 Å². The number of hydrogen-bond acceptors (Lipinski definition) is 4. The Kier molecular flexibility index (Phi) is 4.59. The molecule has 21 heavy (non-hydrogen) atoms. The van der Waals surface area contributed by atoms with Crippen LogP contribution in [0.2, 0.25) is 0 Å². The van der Waals surface area contributed by atoms with Crippen LogP contribution in [-0.2, 0) is 19.2 Å². The monoisotopic (exact) mass is 296 g/mol. The van der Waals surface area contributed by atoms with Crippen LogP contribution < -0.4 is 10.6 Å². The Labute approximate surface area is 122 Å². The second kappa shape index (κ2) is 6.24. The molecule has 4 atom stereocenters. The molecule has 0 radical (unpaired) electrons. The third-order valence-electron chi connectivity index (χ3n) is 4.45. The van der Waals surface area contributed by atoms with Crippen LogP contribution in [0.25, 0.3) is 0 Å². The smallest absolute Gasteiger partial charge is 0.307 e. The van der Waals surface area contributed by atoms with Gasteiger partial charge in [0, 0.05) is 6.42 Å². The number of carbonyl (C=O) groups excluding carboxylic acids is 3. The summed E-state index contributed by atoms with van der Waals surface area (Å²) in [6.07, 6.45) is 2.32. The third-order valence-corrected chi connectivity index (χ3v) is 4.45. The molecule has 2 fully saturated rings. The maximum absolute atomic E-state index is 12.3. The highest BCUT2D eigenvalue weighted by Gasteiger charge is 2.43.